The van der Waals surface area contributed by atoms with Crippen LogP contribution in [0.2, 0.25) is 0 Å². The number of aliphatic carboxylic acids is 1. The monoisotopic (exact) mass is 197 g/mol. The Hall–Kier alpha value is -0.900. The molecule has 1 aliphatic heterocycles. The smallest absolute Gasteiger partial charge is 0.320 e. The van der Waals surface area contributed by atoms with Gasteiger partial charge in [-0.1, -0.05) is 6.42 Å². The van der Waals surface area contributed by atoms with E-state index in [4.69, 9.17) is 5.11 Å². The van der Waals surface area contributed by atoms with Gasteiger partial charge in [-0.05, 0) is 19.3 Å². The van der Waals surface area contributed by atoms with E-state index in [-0.39, 0.29) is 17.7 Å². The minimum absolute atomic E-state index is 0.0430. The number of ketones is 1. The molecule has 2 N–H and O–H groups in total. The number of hydrogen-bond donors (Lipinski definition) is 2. The van der Waals surface area contributed by atoms with Crippen molar-refractivity contribution in [3.05, 3.63) is 0 Å². The quantitative estimate of drug-likeness (QED) is 0.644. The first-order chi connectivity index (χ1) is 6.68. The predicted molar refractivity (Wildman–Crippen MR) is 49.9 cm³/mol. The van der Waals surface area contributed by atoms with Crippen molar-refractivity contribution in [3.8, 4) is 0 Å². The second-order valence-electron chi connectivity index (χ2n) is 4.22. The summed E-state index contributed by atoms with van der Waals surface area (Å²) in [6.45, 7) is 0. The van der Waals surface area contributed by atoms with Crippen molar-refractivity contribution in [3.63, 3.8) is 0 Å². The number of Topliss-reactive ketones (excluding diaryl/α,β-unsaturated/α-hetero) is 1. The number of carboxylic acid groups (broad SMARTS) is 1. The molecule has 4 nitrogen and oxygen atoms in total. The highest BCUT2D eigenvalue weighted by Crippen LogP contribution is 2.29. The molecule has 78 valence electrons. The summed E-state index contributed by atoms with van der Waals surface area (Å²) in [5.74, 6) is -0.617. The van der Waals surface area contributed by atoms with Gasteiger partial charge in [0.2, 0.25) is 0 Å². The first-order valence-electron chi connectivity index (χ1n) is 5.20. The topological polar surface area (TPSA) is 66.4 Å². The van der Waals surface area contributed by atoms with E-state index in [1.165, 1.54) is 0 Å². The normalized spacial score (nSPS) is 37.7. The largest absolute Gasteiger partial charge is 0.480 e. The third-order valence-corrected chi connectivity index (χ3v) is 3.29. The molecule has 2 rings (SSSR count). The third kappa shape index (κ3) is 1.66. The third-order valence-electron chi connectivity index (χ3n) is 3.29. The molecule has 1 saturated carbocycles. The lowest BCUT2D eigenvalue weighted by Crippen LogP contribution is -2.36. The van der Waals surface area contributed by atoms with Crippen LogP contribution in [0, 0.1) is 5.92 Å². The fourth-order valence-electron chi connectivity index (χ4n) is 2.52. The molecule has 1 aliphatic carbocycles. The number of fused-ring (bicyclic) bond motifs is 1. The van der Waals surface area contributed by atoms with Crippen molar-refractivity contribution in [2.45, 2.75) is 44.2 Å². The summed E-state index contributed by atoms with van der Waals surface area (Å²) in [7, 11) is 0. The van der Waals surface area contributed by atoms with Gasteiger partial charge < -0.3 is 10.4 Å². The van der Waals surface area contributed by atoms with Crippen LogP contribution in [-0.4, -0.2) is 28.9 Å². The first kappa shape index (κ1) is 9.65. The van der Waals surface area contributed by atoms with Crippen LogP contribution in [0.15, 0.2) is 0 Å². The van der Waals surface area contributed by atoms with E-state index in [1.54, 1.807) is 0 Å². The van der Waals surface area contributed by atoms with Crippen LogP contribution in [0.25, 0.3) is 0 Å². The lowest BCUT2D eigenvalue weighted by Gasteiger charge is -2.13. The van der Waals surface area contributed by atoms with Crippen LogP contribution in [-0.2, 0) is 9.59 Å². The average molecular weight is 197 g/mol. The first-order valence-corrected chi connectivity index (χ1v) is 5.20. The standard InChI is InChI=1S/C10H15NO3/c12-9-4-2-1-3-7-6(9)5-8(11-7)10(13)14/h6-8,11H,1-5H2,(H,13,14)/t6-,7-,8-/m0/s1. The van der Waals surface area contributed by atoms with E-state index in [0.717, 1.165) is 19.3 Å². The predicted octanol–water partition coefficient (Wildman–Crippen LogP) is 0.561. The highest BCUT2D eigenvalue weighted by Gasteiger charge is 2.41. The maximum atomic E-state index is 11.6. The lowest BCUT2D eigenvalue weighted by atomic mass is 9.93. The fraction of sp³-hybridized carbons (Fsp3) is 0.800. The molecule has 4 heteroatoms. The van der Waals surface area contributed by atoms with E-state index < -0.39 is 12.0 Å². The number of rotatable bonds is 1. The zero-order chi connectivity index (χ0) is 10.1. The van der Waals surface area contributed by atoms with Crippen LogP contribution in [0.1, 0.15) is 32.1 Å². The summed E-state index contributed by atoms with van der Waals surface area (Å²) in [5, 5.41) is 11.9. The van der Waals surface area contributed by atoms with Crippen molar-refractivity contribution in [1.29, 1.82) is 0 Å². The maximum Gasteiger partial charge on any atom is 0.320 e. The summed E-state index contributed by atoms with van der Waals surface area (Å²) in [6.07, 6.45) is 4.06. The summed E-state index contributed by atoms with van der Waals surface area (Å²) >= 11 is 0. The van der Waals surface area contributed by atoms with Crippen LogP contribution in [0.4, 0.5) is 0 Å². The number of carboxylic acids is 1. The van der Waals surface area contributed by atoms with E-state index in [2.05, 4.69) is 5.32 Å². The maximum absolute atomic E-state index is 11.6. The van der Waals surface area contributed by atoms with E-state index in [1.807, 2.05) is 0 Å². The summed E-state index contributed by atoms with van der Waals surface area (Å²) in [5.41, 5.74) is 0. The molecular weight excluding hydrogens is 182 g/mol. The fourth-order valence-corrected chi connectivity index (χ4v) is 2.52. The molecule has 2 aliphatic rings. The van der Waals surface area contributed by atoms with Crippen LogP contribution >= 0.6 is 0 Å². The van der Waals surface area contributed by atoms with Gasteiger partial charge in [-0.15, -0.1) is 0 Å². The minimum Gasteiger partial charge on any atom is -0.480 e. The van der Waals surface area contributed by atoms with E-state index >= 15 is 0 Å². The van der Waals surface area contributed by atoms with Gasteiger partial charge in [0, 0.05) is 18.4 Å². The molecule has 0 unspecified atom stereocenters. The lowest BCUT2D eigenvalue weighted by molar-refractivity contribution is -0.139. The van der Waals surface area contributed by atoms with Gasteiger partial charge in [-0.2, -0.15) is 0 Å². The Bertz CT molecular complexity index is 264. The molecule has 0 aromatic rings. The molecular formula is C10H15NO3. The molecule has 0 bridgehead atoms. The van der Waals surface area contributed by atoms with Crippen molar-refractivity contribution in [1.82, 2.24) is 5.32 Å². The van der Waals surface area contributed by atoms with Crippen molar-refractivity contribution >= 4 is 11.8 Å². The van der Waals surface area contributed by atoms with Gasteiger partial charge in [0.15, 0.2) is 0 Å². The molecule has 1 saturated heterocycles. The van der Waals surface area contributed by atoms with Gasteiger partial charge >= 0.3 is 5.97 Å². The Labute approximate surface area is 82.7 Å². The Kier molecular flexibility index (Phi) is 2.54. The molecule has 0 aromatic heterocycles. The SMILES string of the molecule is O=C(O)[C@@H]1C[C@@H]2C(=O)CCCC[C@@H]2N1. The Morgan fingerprint density at radius 2 is 2.21 bits per heavy atom. The highest BCUT2D eigenvalue weighted by molar-refractivity contribution is 5.84. The Morgan fingerprint density at radius 3 is 2.93 bits per heavy atom. The van der Waals surface area contributed by atoms with Gasteiger partial charge in [0.1, 0.15) is 11.8 Å². The van der Waals surface area contributed by atoms with Crippen LogP contribution in [0.5, 0.6) is 0 Å². The average Bonchev–Trinajstić information content (AvgIpc) is 2.49. The zero-order valence-electron chi connectivity index (χ0n) is 8.03. The molecule has 2 fully saturated rings. The summed E-state index contributed by atoms with van der Waals surface area (Å²) < 4.78 is 0. The zero-order valence-corrected chi connectivity index (χ0v) is 8.03. The number of nitrogens with one attached hydrogen (secondary N) is 1. The molecule has 0 aromatic carbocycles. The molecule has 1 heterocycles. The molecule has 14 heavy (non-hydrogen) atoms. The second-order valence-corrected chi connectivity index (χ2v) is 4.22. The van der Waals surface area contributed by atoms with Crippen molar-refractivity contribution in [2.24, 2.45) is 5.92 Å². The van der Waals surface area contributed by atoms with Gasteiger partial charge in [0.25, 0.3) is 0 Å². The van der Waals surface area contributed by atoms with Gasteiger partial charge in [0.05, 0.1) is 0 Å². The van der Waals surface area contributed by atoms with E-state index in [9.17, 15) is 9.59 Å². The van der Waals surface area contributed by atoms with E-state index in [0.29, 0.717) is 12.8 Å². The molecule has 3 atom stereocenters. The van der Waals surface area contributed by atoms with Gasteiger partial charge in [-0.25, -0.2) is 0 Å². The van der Waals surface area contributed by atoms with Crippen LogP contribution in [0.3, 0.4) is 0 Å². The second kappa shape index (κ2) is 3.69. The van der Waals surface area contributed by atoms with Gasteiger partial charge in [-0.3, -0.25) is 9.59 Å². The summed E-state index contributed by atoms with van der Waals surface area (Å²) in [4.78, 5) is 22.4. The minimum atomic E-state index is -0.828. The summed E-state index contributed by atoms with van der Waals surface area (Å²) in [6, 6.07) is -0.391. The van der Waals surface area contributed by atoms with Crippen molar-refractivity contribution in [2.75, 3.05) is 0 Å². The highest BCUT2D eigenvalue weighted by atomic mass is 16.4. The number of hydrogen-bond acceptors (Lipinski definition) is 3. The van der Waals surface area contributed by atoms with Crippen LogP contribution < -0.4 is 5.32 Å². The molecule has 0 spiro atoms. The number of carbonyl (C=O) groups excluding carboxylic acids is 1. The number of carbonyl (C=O) groups is 2. The Morgan fingerprint density at radius 1 is 1.43 bits per heavy atom. The molecule has 0 radical (unpaired) electrons. The molecule has 0 amide bonds. The Balaban J connectivity index is 2.08. The van der Waals surface area contributed by atoms with Crippen molar-refractivity contribution < 1.29 is 14.7 Å².